The highest BCUT2D eigenvalue weighted by Gasteiger charge is 2.16. The Morgan fingerprint density at radius 3 is 3.14 bits per heavy atom. The Morgan fingerprint density at radius 1 is 1.50 bits per heavy atom. The molecule has 0 saturated carbocycles. The number of aromatic nitrogens is 2. The maximum Gasteiger partial charge on any atom is 0.0946 e. The van der Waals surface area contributed by atoms with Crippen molar-refractivity contribution in [3.63, 3.8) is 0 Å². The van der Waals surface area contributed by atoms with Crippen molar-refractivity contribution in [2.24, 2.45) is 0 Å². The van der Waals surface area contributed by atoms with Crippen molar-refractivity contribution in [3.05, 3.63) is 18.7 Å². The van der Waals surface area contributed by atoms with Gasteiger partial charge in [0.2, 0.25) is 0 Å². The molecule has 1 aromatic rings. The quantitative estimate of drug-likeness (QED) is 0.745. The average molecular weight is 194 g/mol. The normalized spacial score (nSPS) is 23.9. The molecule has 2 rings (SSSR count). The van der Waals surface area contributed by atoms with Crippen molar-refractivity contribution in [1.29, 1.82) is 0 Å². The standard InChI is InChI=1S/C10H18N4/c1-10-8-11-3-5-14(10)7-6-13-4-2-12-9-13/h2,4,9-11H,3,5-8H2,1H3. The van der Waals surface area contributed by atoms with Crippen LogP contribution in [0.3, 0.4) is 0 Å². The zero-order chi connectivity index (χ0) is 9.80. The summed E-state index contributed by atoms with van der Waals surface area (Å²) in [6.07, 6.45) is 5.74. The molecule has 1 aromatic heterocycles. The van der Waals surface area contributed by atoms with E-state index in [1.54, 1.807) is 0 Å². The van der Waals surface area contributed by atoms with E-state index in [0.717, 1.165) is 32.7 Å². The minimum atomic E-state index is 0.660. The fourth-order valence-corrected chi connectivity index (χ4v) is 1.88. The predicted molar refractivity (Wildman–Crippen MR) is 56.1 cm³/mol. The average Bonchev–Trinajstić information content (AvgIpc) is 2.69. The largest absolute Gasteiger partial charge is 0.336 e. The molecule has 0 bridgehead atoms. The van der Waals surface area contributed by atoms with Crippen LogP contribution in [-0.4, -0.2) is 46.7 Å². The van der Waals surface area contributed by atoms with Gasteiger partial charge in [-0.05, 0) is 6.92 Å². The first-order valence-corrected chi connectivity index (χ1v) is 5.27. The molecule has 14 heavy (non-hydrogen) atoms. The molecule has 4 heteroatoms. The number of rotatable bonds is 3. The number of piperazine rings is 1. The van der Waals surface area contributed by atoms with Crippen LogP contribution in [0, 0.1) is 0 Å². The van der Waals surface area contributed by atoms with Gasteiger partial charge >= 0.3 is 0 Å². The van der Waals surface area contributed by atoms with E-state index in [9.17, 15) is 0 Å². The van der Waals surface area contributed by atoms with E-state index in [1.807, 2.05) is 18.7 Å². The Morgan fingerprint density at radius 2 is 2.43 bits per heavy atom. The van der Waals surface area contributed by atoms with Crippen LogP contribution in [0.4, 0.5) is 0 Å². The number of nitrogens with one attached hydrogen (secondary N) is 1. The molecular formula is C10H18N4. The van der Waals surface area contributed by atoms with Crippen molar-refractivity contribution in [2.45, 2.75) is 19.5 Å². The van der Waals surface area contributed by atoms with Crippen molar-refractivity contribution >= 4 is 0 Å². The van der Waals surface area contributed by atoms with Crippen LogP contribution in [0.2, 0.25) is 0 Å². The van der Waals surface area contributed by atoms with Crippen LogP contribution in [0.1, 0.15) is 6.92 Å². The van der Waals surface area contributed by atoms with Crippen LogP contribution in [0.15, 0.2) is 18.7 Å². The van der Waals surface area contributed by atoms with Gasteiger partial charge in [-0.3, -0.25) is 4.90 Å². The summed E-state index contributed by atoms with van der Waals surface area (Å²) in [5.74, 6) is 0. The lowest BCUT2D eigenvalue weighted by molar-refractivity contribution is 0.168. The van der Waals surface area contributed by atoms with Crippen LogP contribution in [0.5, 0.6) is 0 Å². The van der Waals surface area contributed by atoms with E-state index >= 15 is 0 Å². The Balaban J connectivity index is 1.79. The molecule has 1 unspecified atom stereocenters. The zero-order valence-electron chi connectivity index (χ0n) is 8.69. The van der Waals surface area contributed by atoms with Crippen LogP contribution in [-0.2, 0) is 6.54 Å². The number of hydrogen-bond donors (Lipinski definition) is 1. The predicted octanol–water partition coefficient (Wildman–Crippen LogP) is 0.177. The first-order valence-electron chi connectivity index (χ1n) is 5.27. The van der Waals surface area contributed by atoms with E-state index in [4.69, 9.17) is 0 Å². The molecule has 78 valence electrons. The lowest BCUT2D eigenvalue weighted by Crippen LogP contribution is -2.50. The van der Waals surface area contributed by atoms with E-state index in [-0.39, 0.29) is 0 Å². The molecule has 0 radical (unpaired) electrons. The van der Waals surface area contributed by atoms with Gasteiger partial charge in [-0.1, -0.05) is 0 Å². The summed E-state index contributed by atoms with van der Waals surface area (Å²) in [6, 6.07) is 0.660. The van der Waals surface area contributed by atoms with Gasteiger partial charge in [0, 0.05) is 51.2 Å². The lowest BCUT2D eigenvalue weighted by Gasteiger charge is -2.33. The Kier molecular flexibility index (Phi) is 3.16. The summed E-state index contributed by atoms with van der Waals surface area (Å²) in [5.41, 5.74) is 0. The van der Waals surface area contributed by atoms with Crippen molar-refractivity contribution in [3.8, 4) is 0 Å². The fraction of sp³-hybridized carbons (Fsp3) is 0.700. The maximum absolute atomic E-state index is 4.04. The summed E-state index contributed by atoms with van der Waals surface area (Å²) in [6.45, 7) is 7.84. The summed E-state index contributed by atoms with van der Waals surface area (Å²) >= 11 is 0. The SMILES string of the molecule is CC1CNCCN1CCn1ccnc1. The van der Waals surface area contributed by atoms with E-state index < -0.39 is 0 Å². The lowest BCUT2D eigenvalue weighted by atomic mass is 10.2. The second kappa shape index (κ2) is 4.57. The summed E-state index contributed by atoms with van der Waals surface area (Å²) in [5, 5.41) is 3.40. The number of nitrogens with zero attached hydrogens (tertiary/aromatic N) is 3. The van der Waals surface area contributed by atoms with E-state index in [1.165, 1.54) is 0 Å². The molecule has 1 aliphatic heterocycles. The highest BCUT2D eigenvalue weighted by Crippen LogP contribution is 2.02. The summed E-state index contributed by atoms with van der Waals surface area (Å²) in [4.78, 5) is 6.56. The van der Waals surface area contributed by atoms with Gasteiger partial charge in [-0.25, -0.2) is 4.98 Å². The second-order valence-electron chi connectivity index (χ2n) is 3.89. The van der Waals surface area contributed by atoms with Gasteiger partial charge in [0.1, 0.15) is 0 Å². The second-order valence-corrected chi connectivity index (χ2v) is 3.89. The molecule has 1 aliphatic rings. The highest BCUT2D eigenvalue weighted by molar-refractivity contribution is 4.78. The van der Waals surface area contributed by atoms with Crippen LogP contribution < -0.4 is 5.32 Å². The van der Waals surface area contributed by atoms with Gasteiger partial charge in [0.15, 0.2) is 0 Å². The van der Waals surface area contributed by atoms with E-state index in [2.05, 4.69) is 26.7 Å². The molecule has 0 aliphatic carbocycles. The molecule has 2 heterocycles. The molecule has 0 amide bonds. The maximum atomic E-state index is 4.04. The van der Waals surface area contributed by atoms with Gasteiger partial charge in [0.25, 0.3) is 0 Å². The van der Waals surface area contributed by atoms with Crippen LogP contribution >= 0.6 is 0 Å². The minimum Gasteiger partial charge on any atom is -0.336 e. The molecule has 0 spiro atoms. The molecule has 1 saturated heterocycles. The van der Waals surface area contributed by atoms with Crippen molar-refractivity contribution < 1.29 is 0 Å². The Labute approximate surface area is 84.9 Å². The third-order valence-electron chi connectivity index (χ3n) is 2.84. The Hall–Kier alpha value is -0.870. The van der Waals surface area contributed by atoms with Gasteiger partial charge in [0.05, 0.1) is 6.33 Å². The topological polar surface area (TPSA) is 33.1 Å². The number of hydrogen-bond acceptors (Lipinski definition) is 3. The summed E-state index contributed by atoms with van der Waals surface area (Å²) < 4.78 is 2.13. The molecule has 1 N–H and O–H groups in total. The molecule has 4 nitrogen and oxygen atoms in total. The monoisotopic (exact) mass is 194 g/mol. The van der Waals surface area contributed by atoms with Crippen LogP contribution in [0.25, 0.3) is 0 Å². The highest BCUT2D eigenvalue weighted by atomic mass is 15.2. The van der Waals surface area contributed by atoms with Gasteiger partial charge < -0.3 is 9.88 Å². The number of imidazole rings is 1. The third kappa shape index (κ3) is 2.33. The molecule has 1 atom stereocenters. The first-order chi connectivity index (χ1) is 6.86. The zero-order valence-corrected chi connectivity index (χ0v) is 8.69. The van der Waals surface area contributed by atoms with Gasteiger partial charge in [-0.15, -0.1) is 0 Å². The minimum absolute atomic E-state index is 0.660. The fourth-order valence-electron chi connectivity index (χ4n) is 1.88. The van der Waals surface area contributed by atoms with E-state index in [0.29, 0.717) is 6.04 Å². The van der Waals surface area contributed by atoms with Crippen molar-refractivity contribution in [2.75, 3.05) is 26.2 Å². The molecule has 1 fully saturated rings. The molecule has 0 aromatic carbocycles. The Bertz CT molecular complexity index is 257. The molecular weight excluding hydrogens is 176 g/mol. The third-order valence-corrected chi connectivity index (χ3v) is 2.84. The first kappa shape index (κ1) is 9.68. The van der Waals surface area contributed by atoms with Crippen molar-refractivity contribution in [1.82, 2.24) is 19.8 Å². The smallest absolute Gasteiger partial charge is 0.0946 e. The van der Waals surface area contributed by atoms with Gasteiger partial charge in [-0.2, -0.15) is 0 Å². The summed E-state index contributed by atoms with van der Waals surface area (Å²) in [7, 11) is 0.